The Labute approximate surface area is 105 Å². The Balaban J connectivity index is 2.09. The van der Waals surface area contributed by atoms with Gasteiger partial charge in [0.1, 0.15) is 0 Å². The van der Waals surface area contributed by atoms with Gasteiger partial charge in [-0.25, -0.2) is 13.1 Å². The second-order valence-corrected chi connectivity index (χ2v) is 5.42. The van der Waals surface area contributed by atoms with Crippen LogP contribution in [0.15, 0.2) is 45.9 Å². The first kappa shape index (κ1) is 12.7. The number of benzene rings is 1. The van der Waals surface area contributed by atoms with Crippen LogP contribution in [0.1, 0.15) is 11.3 Å². The lowest BCUT2D eigenvalue weighted by molar-refractivity contribution is 0.380. The molecule has 0 bridgehead atoms. The Morgan fingerprint density at radius 3 is 2.50 bits per heavy atom. The van der Waals surface area contributed by atoms with Crippen molar-refractivity contribution >= 4 is 10.0 Å². The molecule has 0 saturated heterocycles. The lowest BCUT2D eigenvalue weighted by atomic mass is 10.2. The summed E-state index contributed by atoms with van der Waals surface area (Å²) in [5.74, 6) is 0.456. The quantitative estimate of drug-likeness (QED) is 0.827. The van der Waals surface area contributed by atoms with Crippen molar-refractivity contribution in [1.29, 1.82) is 0 Å². The summed E-state index contributed by atoms with van der Waals surface area (Å²) in [6.07, 6.45) is 1.46. The third-order valence-corrected chi connectivity index (χ3v) is 3.81. The number of nitrogens with zero attached hydrogens (tertiary/aromatic N) is 1. The second kappa shape index (κ2) is 5.30. The Morgan fingerprint density at radius 1 is 1.22 bits per heavy atom. The van der Waals surface area contributed by atoms with E-state index in [-0.39, 0.29) is 11.4 Å². The SMILES string of the molecule is NCc1ccc(S(=O)(=O)NCc2ccno2)cc1. The Bertz CT molecular complexity index is 591. The number of hydrogen-bond acceptors (Lipinski definition) is 5. The molecule has 0 fully saturated rings. The van der Waals surface area contributed by atoms with Crippen molar-refractivity contribution in [1.82, 2.24) is 9.88 Å². The first-order chi connectivity index (χ1) is 8.62. The summed E-state index contributed by atoms with van der Waals surface area (Å²) >= 11 is 0. The highest BCUT2D eigenvalue weighted by atomic mass is 32.2. The maximum absolute atomic E-state index is 11.9. The Kier molecular flexibility index (Phi) is 3.75. The average molecular weight is 267 g/mol. The lowest BCUT2D eigenvalue weighted by Crippen LogP contribution is -2.23. The second-order valence-electron chi connectivity index (χ2n) is 3.65. The van der Waals surface area contributed by atoms with Crippen LogP contribution in [0.3, 0.4) is 0 Å². The minimum atomic E-state index is -3.54. The van der Waals surface area contributed by atoms with Crippen molar-refractivity contribution in [3.05, 3.63) is 47.9 Å². The zero-order valence-electron chi connectivity index (χ0n) is 9.54. The van der Waals surface area contributed by atoms with Crippen LogP contribution in [0.5, 0.6) is 0 Å². The molecule has 0 amide bonds. The molecule has 0 unspecified atom stereocenters. The molecule has 2 rings (SSSR count). The fourth-order valence-corrected chi connectivity index (χ4v) is 2.38. The van der Waals surface area contributed by atoms with E-state index in [4.69, 9.17) is 10.3 Å². The first-order valence-corrected chi connectivity index (χ1v) is 6.78. The van der Waals surface area contributed by atoms with Gasteiger partial charge in [-0.05, 0) is 17.7 Å². The topological polar surface area (TPSA) is 98.2 Å². The van der Waals surface area contributed by atoms with Crippen LogP contribution in [-0.4, -0.2) is 13.6 Å². The molecule has 7 heteroatoms. The molecule has 0 radical (unpaired) electrons. The minimum absolute atomic E-state index is 0.0704. The van der Waals surface area contributed by atoms with E-state index in [1.807, 2.05) is 0 Å². The van der Waals surface area contributed by atoms with Gasteiger partial charge in [0.15, 0.2) is 5.76 Å². The summed E-state index contributed by atoms with van der Waals surface area (Å²) in [5.41, 5.74) is 6.33. The number of hydrogen-bond donors (Lipinski definition) is 2. The van der Waals surface area contributed by atoms with E-state index in [0.717, 1.165) is 5.56 Å². The van der Waals surface area contributed by atoms with Gasteiger partial charge in [-0.3, -0.25) is 0 Å². The van der Waals surface area contributed by atoms with Crippen molar-refractivity contribution in [2.24, 2.45) is 5.73 Å². The van der Waals surface area contributed by atoms with Gasteiger partial charge in [-0.15, -0.1) is 0 Å². The summed E-state index contributed by atoms with van der Waals surface area (Å²) in [6, 6.07) is 8.00. The highest BCUT2D eigenvalue weighted by Gasteiger charge is 2.14. The number of aromatic nitrogens is 1. The largest absolute Gasteiger partial charge is 0.360 e. The van der Waals surface area contributed by atoms with E-state index in [1.54, 1.807) is 18.2 Å². The Hall–Kier alpha value is -1.70. The maximum atomic E-state index is 11.9. The van der Waals surface area contributed by atoms with Gasteiger partial charge in [0.25, 0.3) is 0 Å². The zero-order valence-corrected chi connectivity index (χ0v) is 10.4. The van der Waals surface area contributed by atoms with E-state index in [9.17, 15) is 8.42 Å². The molecular weight excluding hydrogens is 254 g/mol. The highest BCUT2D eigenvalue weighted by molar-refractivity contribution is 7.89. The number of rotatable bonds is 5. The molecule has 18 heavy (non-hydrogen) atoms. The minimum Gasteiger partial charge on any atom is -0.360 e. The molecule has 3 N–H and O–H groups in total. The van der Waals surface area contributed by atoms with Crippen LogP contribution in [-0.2, 0) is 23.1 Å². The van der Waals surface area contributed by atoms with Crippen LogP contribution in [0.2, 0.25) is 0 Å². The molecule has 2 aromatic rings. The fraction of sp³-hybridized carbons (Fsp3) is 0.182. The third kappa shape index (κ3) is 2.95. The summed E-state index contributed by atoms with van der Waals surface area (Å²) in [6.45, 7) is 0.451. The van der Waals surface area contributed by atoms with E-state index >= 15 is 0 Å². The zero-order chi connectivity index (χ0) is 13.0. The van der Waals surface area contributed by atoms with Crippen LogP contribution < -0.4 is 10.5 Å². The number of nitrogens with one attached hydrogen (secondary N) is 1. The summed E-state index contributed by atoms with van der Waals surface area (Å²) < 4.78 is 31.1. The van der Waals surface area contributed by atoms with E-state index in [2.05, 4.69) is 9.88 Å². The molecule has 0 aliphatic carbocycles. The predicted octanol–water partition coefficient (Wildman–Crippen LogP) is 0.612. The van der Waals surface area contributed by atoms with Gasteiger partial charge in [-0.1, -0.05) is 17.3 Å². The molecule has 0 aliphatic rings. The average Bonchev–Trinajstić information content (AvgIpc) is 2.90. The summed E-state index contributed by atoms with van der Waals surface area (Å²) in [7, 11) is -3.54. The molecule has 1 heterocycles. The fourth-order valence-electron chi connectivity index (χ4n) is 1.39. The molecule has 0 spiro atoms. The third-order valence-electron chi connectivity index (χ3n) is 2.40. The smallest absolute Gasteiger partial charge is 0.240 e. The van der Waals surface area contributed by atoms with E-state index in [1.165, 1.54) is 18.3 Å². The highest BCUT2D eigenvalue weighted by Crippen LogP contribution is 2.11. The molecule has 96 valence electrons. The molecule has 0 atom stereocenters. The van der Waals surface area contributed by atoms with Gasteiger partial charge in [-0.2, -0.15) is 0 Å². The monoisotopic (exact) mass is 267 g/mol. The first-order valence-electron chi connectivity index (χ1n) is 5.30. The standard InChI is InChI=1S/C11H13N3O3S/c12-7-9-1-3-11(4-2-9)18(15,16)14-8-10-5-6-13-17-10/h1-6,14H,7-8,12H2. The van der Waals surface area contributed by atoms with Crippen molar-refractivity contribution in [2.75, 3.05) is 0 Å². The molecule has 6 nitrogen and oxygen atoms in total. The molecule has 1 aromatic heterocycles. The van der Waals surface area contributed by atoms with Gasteiger partial charge in [0, 0.05) is 12.6 Å². The van der Waals surface area contributed by atoms with E-state index < -0.39 is 10.0 Å². The van der Waals surface area contributed by atoms with Crippen molar-refractivity contribution < 1.29 is 12.9 Å². The molecule has 0 aliphatic heterocycles. The van der Waals surface area contributed by atoms with Gasteiger partial charge < -0.3 is 10.3 Å². The van der Waals surface area contributed by atoms with Crippen molar-refractivity contribution in [3.8, 4) is 0 Å². The van der Waals surface area contributed by atoms with Gasteiger partial charge in [0.05, 0.1) is 17.6 Å². The van der Waals surface area contributed by atoms with E-state index in [0.29, 0.717) is 12.3 Å². The maximum Gasteiger partial charge on any atom is 0.240 e. The van der Waals surface area contributed by atoms with Crippen molar-refractivity contribution in [3.63, 3.8) is 0 Å². The summed E-state index contributed by atoms with van der Waals surface area (Å²) in [5, 5.41) is 3.49. The molecule has 1 aromatic carbocycles. The molecule has 0 saturated carbocycles. The van der Waals surface area contributed by atoms with Crippen LogP contribution >= 0.6 is 0 Å². The van der Waals surface area contributed by atoms with Crippen LogP contribution in [0, 0.1) is 0 Å². The van der Waals surface area contributed by atoms with Gasteiger partial charge in [0.2, 0.25) is 10.0 Å². The molecular formula is C11H13N3O3S. The Morgan fingerprint density at radius 2 is 1.94 bits per heavy atom. The van der Waals surface area contributed by atoms with Crippen LogP contribution in [0.25, 0.3) is 0 Å². The lowest BCUT2D eigenvalue weighted by Gasteiger charge is -2.05. The number of sulfonamides is 1. The van der Waals surface area contributed by atoms with Crippen LogP contribution in [0.4, 0.5) is 0 Å². The normalized spacial score (nSPS) is 11.6. The summed E-state index contributed by atoms with van der Waals surface area (Å²) in [4.78, 5) is 0.194. The predicted molar refractivity (Wildman–Crippen MR) is 64.9 cm³/mol. The van der Waals surface area contributed by atoms with Gasteiger partial charge >= 0.3 is 0 Å². The van der Waals surface area contributed by atoms with Crippen molar-refractivity contribution in [2.45, 2.75) is 18.0 Å². The number of nitrogens with two attached hydrogens (primary N) is 1.